The van der Waals surface area contributed by atoms with Gasteiger partial charge in [0.15, 0.2) is 21.4 Å². The maximum Gasteiger partial charge on any atom is 0.245 e. The average Bonchev–Trinajstić information content (AvgIpc) is 4.11. The molecule has 0 spiro atoms. The van der Waals surface area contributed by atoms with Gasteiger partial charge < -0.3 is 25.8 Å². The molecule has 6 aromatic rings. The standard InChI is InChI=1S/C66H76F2N8O10S2/c1-43(69-3)61(77)38-49(65(81)75-33-10-14-59(75)50-36-52(41-71-39-50)62(78)47-16-24-54(67)25-17-47)12-7-8-32-73-88(85,86)57-30-22-46(23-31-57)45-20-28-56(29-21-45)87(83,84)35-9-5-6-13-58(74-64(80)44(2)70-4)66(82)76-34-11-15-60(76)51-37-53(42-72-40-51)63(79)48-18-26-55(68)27-19-48/h16-31,36-37,39-44,49,58-60,69-70,73H,5-15,32-35,38H2,1-4H3,(H,74,80)/t43-,44-,49+,58?,59-,60-/m0/s1. The van der Waals surface area contributed by atoms with Crippen molar-refractivity contribution >= 4 is 54.9 Å². The summed E-state index contributed by atoms with van der Waals surface area (Å²) in [7, 11) is -4.36. The molecular weight excluding hydrogens is 1170 g/mol. The number of carbonyl (C=O) groups is 6. The number of nitrogens with zero attached hydrogens (tertiary/aromatic N) is 4. The first-order chi connectivity index (χ1) is 42.2. The number of hydrogen-bond acceptors (Lipinski definition) is 14. The number of benzene rings is 4. The second-order valence-corrected chi connectivity index (χ2v) is 26.5. The lowest BCUT2D eigenvalue weighted by atomic mass is 9.91. The van der Waals surface area contributed by atoms with Crippen LogP contribution in [-0.2, 0) is 39.0 Å². The van der Waals surface area contributed by atoms with E-state index in [1.165, 1.54) is 85.2 Å². The third-order valence-corrected chi connectivity index (χ3v) is 19.9. The van der Waals surface area contributed by atoms with Crippen LogP contribution in [-0.4, -0.2) is 129 Å². The number of rotatable bonds is 30. The van der Waals surface area contributed by atoms with E-state index < -0.39 is 61.6 Å². The molecule has 2 fully saturated rings. The summed E-state index contributed by atoms with van der Waals surface area (Å²) in [6.07, 6.45) is 11.3. The number of likely N-dealkylation sites (tertiary alicyclic amines) is 2. The zero-order chi connectivity index (χ0) is 63.1. The zero-order valence-electron chi connectivity index (χ0n) is 49.9. The van der Waals surface area contributed by atoms with Crippen molar-refractivity contribution in [2.75, 3.05) is 39.5 Å². The van der Waals surface area contributed by atoms with E-state index in [9.17, 15) is 54.4 Å². The maximum atomic E-state index is 14.4. The van der Waals surface area contributed by atoms with Crippen molar-refractivity contribution < 1.29 is 54.4 Å². The van der Waals surface area contributed by atoms with Gasteiger partial charge in [-0.1, -0.05) is 43.5 Å². The lowest BCUT2D eigenvalue weighted by Crippen LogP contribution is -2.52. The highest BCUT2D eigenvalue weighted by atomic mass is 32.2. The number of unbranched alkanes of at least 4 members (excludes halogenated alkanes) is 3. The van der Waals surface area contributed by atoms with E-state index in [0.717, 1.165) is 0 Å². The summed E-state index contributed by atoms with van der Waals surface area (Å²) in [4.78, 5) is 93.8. The molecule has 2 saturated heterocycles. The molecule has 0 bridgehead atoms. The summed E-state index contributed by atoms with van der Waals surface area (Å²) in [5.74, 6) is -3.41. The van der Waals surface area contributed by atoms with Crippen molar-refractivity contribution in [3.8, 4) is 11.1 Å². The molecular formula is C66H76F2N8O10S2. The summed E-state index contributed by atoms with van der Waals surface area (Å²) >= 11 is 0. The first-order valence-corrected chi connectivity index (χ1v) is 33.0. The number of sulfone groups is 1. The van der Waals surface area contributed by atoms with Gasteiger partial charge in [-0.05, 0) is 186 Å². The number of aromatic nitrogens is 2. The predicted octanol–water partition coefficient (Wildman–Crippen LogP) is 8.67. The van der Waals surface area contributed by atoms with E-state index in [2.05, 4.69) is 30.6 Å². The average molecular weight is 1240 g/mol. The molecule has 2 aliphatic rings. The number of likely N-dealkylation sites (N-methyl/N-ethyl adjacent to an activating group) is 2. The van der Waals surface area contributed by atoms with Crippen LogP contribution in [0.5, 0.6) is 0 Å². The Morgan fingerprint density at radius 1 is 0.568 bits per heavy atom. The quantitative estimate of drug-likeness (QED) is 0.0243. The highest BCUT2D eigenvalue weighted by Crippen LogP contribution is 2.36. The van der Waals surface area contributed by atoms with Crippen LogP contribution in [0, 0.1) is 17.6 Å². The fourth-order valence-electron chi connectivity index (χ4n) is 11.3. The van der Waals surface area contributed by atoms with Crippen molar-refractivity contribution in [1.82, 2.24) is 40.4 Å². The lowest BCUT2D eigenvalue weighted by molar-refractivity contribution is -0.139. The Bertz CT molecular complexity index is 3430. The van der Waals surface area contributed by atoms with Crippen LogP contribution in [0.1, 0.15) is 146 Å². The van der Waals surface area contributed by atoms with E-state index in [4.69, 9.17) is 0 Å². The molecule has 0 saturated carbocycles. The molecule has 1 unspecified atom stereocenters. The Morgan fingerprint density at radius 3 is 1.57 bits per heavy atom. The molecule has 4 heterocycles. The van der Waals surface area contributed by atoms with E-state index >= 15 is 0 Å². The smallest absolute Gasteiger partial charge is 0.245 e. The highest BCUT2D eigenvalue weighted by molar-refractivity contribution is 7.91. The van der Waals surface area contributed by atoms with E-state index in [0.29, 0.717) is 122 Å². The van der Waals surface area contributed by atoms with Crippen LogP contribution in [0.2, 0.25) is 0 Å². The van der Waals surface area contributed by atoms with Gasteiger partial charge in [-0.3, -0.25) is 38.7 Å². The number of sulfonamides is 1. The van der Waals surface area contributed by atoms with Crippen LogP contribution in [0.3, 0.4) is 0 Å². The topological polar surface area (TPSA) is 251 Å². The van der Waals surface area contributed by atoms with Crippen LogP contribution in [0.15, 0.2) is 144 Å². The molecule has 2 aromatic heterocycles. The van der Waals surface area contributed by atoms with Gasteiger partial charge in [0.1, 0.15) is 23.5 Å². The second-order valence-electron chi connectivity index (χ2n) is 22.6. The maximum absolute atomic E-state index is 14.4. The number of halogens is 2. The molecule has 6 atom stereocenters. The summed E-state index contributed by atoms with van der Waals surface area (Å²) < 4.78 is 83.8. The molecule has 4 N–H and O–H groups in total. The van der Waals surface area contributed by atoms with Crippen molar-refractivity contribution in [2.45, 2.75) is 131 Å². The Balaban J connectivity index is 0.812. The third-order valence-electron chi connectivity index (χ3n) is 16.6. The molecule has 0 aliphatic carbocycles. The predicted molar refractivity (Wildman–Crippen MR) is 329 cm³/mol. The normalized spacial score (nSPS) is 16.6. The van der Waals surface area contributed by atoms with E-state index in [-0.39, 0.29) is 76.0 Å². The zero-order valence-corrected chi connectivity index (χ0v) is 51.6. The fraction of sp³-hybridized carbons (Fsp3) is 0.394. The monoisotopic (exact) mass is 1240 g/mol. The number of ketones is 3. The molecule has 8 rings (SSSR count). The van der Waals surface area contributed by atoms with Gasteiger partial charge in [-0.2, -0.15) is 0 Å². The lowest BCUT2D eigenvalue weighted by Gasteiger charge is -2.30. The summed E-state index contributed by atoms with van der Waals surface area (Å²) in [5.41, 5.74) is 3.86. The van der Waals surface area contributed by atoms with Crippen molar-refractivity contribution in [3.63, 3.8) is 0 Å². The number of pyridine rings is 2. The molecule has 466 valence electrons. The SMILES string of the molecule is CN[C@@H](C)C(=O)C[C@@H](CCCCNS(=O)(=O)c1ccc(-c2ccc(S(=O)(=O)CCCCCC(NC(=O)[C@H](C)NC)C(=O)N3CCC[C@H]3c3cncc(C(=O)c4ccc(F)cc4)c3)cc2)cc1)C(=O)N1CCC[C@H]1c1cncc(C(=O)c2ccc(F)cc2)c1. The Morgan fingerprint density at radius 2 is 1.06 bits per heavy atom. The molecule has 2 aliphatic heterocycles. The number of amides is 3. The minimum atomic E-state index is -3.95. The Kier molecular flexibility index (Phi) is 22.9. The van der Waals surface area contributed by atoms with Gasteiger partial charge >= 0.3 is 0 Å². The minimum absolute atomic E-state index is 0.00960. The number of nitrogens with one attached hydrogen (secondary N) is 4. The molecule has 4 aromatic carbocycles. The third kappa shape index (κ3) is 16.9. The number of carbonyl (C=O) groups excluding carboxylic acids is 6. The fourth-order valence-corrected chi connectivity index (χ4v) is 13.7. The van der Waals surface area contributed by atoms with Crippen molar-refractivity contribution in [2.24, 2.45) is 5.92 Å². The molecule has 0 radical (unpaired) electrons. The van der Waals surface area contributed by atoms with Gasteiger partial charge in [0.2, 0.25) is 27.7 Å². The van der Waals surface area contributed by atoms with Crippen LogP contribution >= 0.6 is 0 Å². The first-order valence-electron chi connectivity index (χ1n) is 29.9. The van der Waals surface area contributed by atoms with Gasteiger partial charge in [0.25, 0.3) is 0 Å². The summed E-state index contributed by atoms with van der Waals surface area (Å²) in [5, 5.41) is 8.75. The summed E-state index contributed by atoms with van der Waals surface area (Å²) in [6, 6.07) is 23.7. The van der Waals surface area contributed by atoms with Gasteiger partial charge in [-0.15, -0.1) is 0 Å². The van der Waals surface area contributed by atoms with Gasteiger partial charge in [-0.25, -0.2) is 30.3 Å². The van der Waals surface area contributed by atoms with E-state index in [1.54, 1.807) is 86.5 Å². The van der Waals surface area contributed by atoms with Crippen LogP contribution in [0.25, 0.3) is 11.1 Å². The second kappa shape index (κ2) is 30.4. The highest BCUT2D eigenvalue weighted by Gasteiger charge is 2.37. The number of hydrogen-bond donors (Lipinski definition) is 4. The van der Waals surface area contributed by atoms with Crippen LogP contribution in [0.4, 0.5) is 8.78 Å². The summed E-state index contributed by atoms with van der Waals surface area (Å²) in [6.45, 7) is 4.36. The molecule has 88 heavy (non-hydrogen) atoms. The molecule has 3 amide bonds. The first kappa shape index (κ1) is 66.2. The van der Waals surface area contributed by atoms with Gasteiger partial charge in [0.05, 0.1) is 39.7 Å². The molecule has 22 heteroatoms. The van der Waals surface area contributed by atoms with E-state index in [1.807, 2.05) is 0 Å². The largest absolute Gasteiger partial charge is 0.343 e. The Hall–Kier alpha value is -7.76. The van der Waals surface area contributed by atoms with Crippen molar-refractivity contribution in [3.05, 3.63) is 179 Å². The molecule has 18 nitrogen and oxygen atoms in total. The van der Waals surface area contributed by atoms with Crippen molar-refractivity contribution in [1.29, 1.82) is 0 Å². The minimum Gasteiger partial charge on any atom is -0.343 e. The number of Topliss-reactive ketones (excluding diaryl/α,β-unsaturated/α-hetero) is 1. The Labute approximate surface area is 513 Å². The van der Waals surface area contributed by atoms with Crippen LogP contribution < -0.4 is 20.7 Å². The van der Waals surface area contributed by atoms with Gasteiger partial charge in [0, 0.05) is 79.0 Å².